The fourth-order valence-electron chi connectivity index (χ4n) is 0.835. The fourth-order valence-corrected chi connectivity index (χ4v) is 1.56. The van der Waals surface area contributed by atoms with Gasteiger partial charge in [0.1, 0.15) is 13.2 Å². The van der Waals surface area contributed by atoms with E-state index in [0.717, 1.165) is 0 Å². The highest BCUT2D eigenvalue weighted by Crippen LogP contribution is 2.21. The van der Waals surface area contributed by atoms with Crippen LogP contribution in [0.5, 0.6) is 0 Å². The molecular weight excluding hydrogens is 271 g/mol. The largest absolute Gasteiger partial charge is 0.462 e. The zero-order valence-electron chi connectivity index (χ0n) is 11.2. The molecule has 0 aliphatic rings. The van der Waals surface area contributed by atoms with Crippen LogP contribution in [0.3, 0.4) is 0 Å². The van der Waals surface area contributed by atoms with Crippen molar-refractivity contribution in [1.29, 1.82) is 0 Å². The van der Waals surface area contributed by atoms with E-state index in [9.17, 15) is 14.2 Å². The molecule has 0 aliphatic carbocycles. The molecule has 0 aromatic heterocycles. The Balaban J connectivity index is 3.60. The summed E-state index contributed by atoms with van der Waals surface area (Å²) in [5.41, 5.74) is 0.576. The number of carbonyl (C=O) groups excluding carboxylic acids is 2. The molecule has 0 N–H and O–H groups in total. The molecular formula is C12H19O6P. The van der Waals surface area contributed by atoms with E-state index in [-0.39, 0.29) is 31.6 Å². The van der Waals surface area contributed by atoms with E-state index in [1.54, 1.807) is 0 Å². The average molecular weight is 290 g/mol. The lowest BCUT2D eigenvalue weighted by Gasteiger charge is -2.06. The molecule has 0 fully saturated rings. The monoisotopic (exact) mass is 290 g/mol. The quantitative estimate of drug-likeness (QED) is 0.278. The zero-order chi connectivity index (χ0) is 14.8. The summed E-state index contributed by atoms with van der Waals surface area (Å²) >= 11 is 0. The number of carbonyl (C=O) groups is 2. The molecule has 6 nitrogen and oxygen atoms in total. The van der Waals surface area contributed by atoms with Gasteiger partial charge in [0.25, 0.3) is 0 Å². The first kappa shape index (κ1) is 17.6. The molecule has 108 valence electrons. The van der Waals surface area contributed by atoms with Crippen LogP contribution >= 0.6 is 8.03 Å². The molecule has 0 aromatic rings. The zero-order valence-corrected chi connectivity index (χ0v) is 12.2. The topological polar surface area (TPSA) is 78.9 Å². The highest BCUT2D eigenvalue weighted by molar-refractivity contribution is 7.39. The minimum Gasteiger partial charge on any atom is -0.462 e. The van der Waals surface area contributed by atoms with Crippen molar-refractivity contribution in [3.05, 3.63) is 24.3 Å². The first-order valence-corrected chi connectivity index (χ1v) is 7.18. The van der Waals surface area contributed by atoms with Gasteiger partial charge in [0.05, 0.1) is 12.8 Å². The highest BCUT2D eigenvalue weighted by atomic mass is 31.1. The van der Waals surface area contributed by atoms with Crippen molar-refractivity contribution in [2.24, 2.45) is 0 Å². The third-order valence-electron chi connectivity index (χ3n) is 1.82. The molecule has 0 saturated heterocycles. The molecule has 7 heteroatoms. The molecule has 0 amide bonds. The van der Waals surface area contributed by atoms with Crippen LogP contribution in [0, 0.1) is 0 Å². The number of hydrogen-bond donors (Lipinski definition) is 0. The molecule has 0 rings (SSSR count). The lowest BCUT2D eigenvalue weighted by atomic mass is 10.4. The molecule has 0 heterocycles. The maximum absolute atomic E-state index is 11.4. The van der Waals surface area contributed by atoms with E-state index in [4.69, 9.17) is 14.0 Å². The maximum atomic E-state index is 11.4. The Hall–Kier alpha value is -1.39. The van der Waals surface area contributed by atoms with Crippen molar-refractivity contribution in [1.82, 2.24) is 0 Å². The third kappa shape index (κ3) is 9.22. The number of rotatable bonds is 9. The van der Waals surface area contributed by atoms with Crippen LogP contribution in [0.2, 0.25) is 0 Å². The standard InChI is InChI=1S/C12H19O6P/c1-9(2)11(13)16-5-6-18-19(15)8-7-17-12(14)10(3)4/h19H,1,3,5-8H2,2,4H3. The minimum atomic E-state index is -2.30. The summed E-state index contributed by atoms with van der Waals surface area (Å²) in [5.74, 6) is -1.04. The van der Waals surface area contributed by atoms with Crippen LogP contribution in [0.25, 0.3) is 0 Å². The first-order valence-electron chi connectivity index (χ1n) is 5.65. The minimum absolute atomic E-state index is 0.00759. The van der Waals surface area contributed by atoms with Crippen LogP contribution in [-0.4, -0.2) is 37.9 Å². The van der Waals surface area contributed by atoms with Gasteiger partial charge in [-0.15, -0.1) is 0 Å². The second kappa shape index (κ2) is 9.53. The van der Waals surface area contributed by atoms with Crippen molar-refractivity contribution in [3.63, 3.8) is 0 Å². The summed E-state index contributed by atoms with van der Waals surface area (Å²) in [4.78, 5) is 22.0. The summed E-state index contributed by atoms with van der Waals surface area (Å²) < 4.78 is 25.8. The fraction of sp³-hybridized carbons (Fsp3) is 0.500. The van der Waals surface area contributed by atoms with E-state index < -0.39 is 20.0 Å². The van der Waals surface area contributed by atoms with E-state index in [1.807, 2.05) is 0 Å². The highest BCUT2D eigenvalue weighted by Gasteiger charge is 2.06. The molecule has 0 aromatic carbocycles. The van der Waals surface area contributed by atoms with E-state index in [1.165, 1.54) is 13.8 Å². The van der Waals surface area contributed by atoms with Crippen molar-refractivity contribution in [2.75, 3.05) is 26.0 Å². The van der Waals surface area contributed by atoms with Gasteiger partial charge in [0.2, 0.25) is 0 Å². The molecule has 0 bridgehead atoms. The van der Waals surface area contributed by atoms with Crippen molar-refractivity contribution in [2.45, 2.75) is 13.8 Å². The van der Waals surface area contributed by atoms with Crippen LogP contribution in [0.4, 0.5) is 0 Å². The van der Waals surface area contributed by atoms with Crippen LogP contribution in [0.15, 0.2) is 24.3 Å². The van der Waals surface area contributed by atoms with Crippen LogP contribution in [-0.2, 0) is 28.2 Å². The van der Waals surface area contributed by atoms with Gasteiger partial charge in [-0.3, -0.25) is 4.57 Å². The van der Waals surface area contributed by atoms with Gasteiger partial charge >= 0.3 is 11.9 Å². The van der Waals surface area contributed by atoms with E-state index >= 15 is 0 Å². The molecule has 1 unspecified atom stereocenters. The molecule has 0 radical (unpaired) electrons. The SMILES string of the molecule is C=C(C)C(=O)OCCO[PH](=O)CCOC(=O)C(=C)C. The Kier molecular flexibility index (Phi) is 8.83. The summed E-state index contributed by atoms with van der Waals surface area (Å²) in [6.07, 6.45) is 0.123. The first-order chi connectivity index (χ1) is 8.84. The third-order valence-corrected chi connectivity index (χ3v) is 2.95. The normalized spacial score (nSPS) is 11.5. The van der Waals surface area contributed by atoms with Gasteiger partial charge < -0.3 is 14.0 Å². The van der Waals surface area contributed by atoms with E-state index in [2.05, 4.69) is 13.2 Å². The molecule has 19 heavy (non-hydrogen) atoms. The van der Waals surface area contributed by atoms with Gasteiger partial charge in [0, 0.05) is 11.1 Å². The molecule has 1 atom stereocenters. The lowest BCUT2D eigenvalue weighted by Crippen LogP contribution is -2.10. The Morgan fingerprint density at radius 1 is 0.947 bits per heavy atom. The molecule has 0 saturated carbocycles. The van der Waals surface area contributed by atoms with Gasteiger partial charge in [0.15, 0.2) is 8.03 Å². The Bertz CT molecular complexity index is 388. The van der Waals surface area contributed by atoms with Crippen LogP contribution < -0.4 is 0 Å². The lowest BCUT2D eigenvalue weighted by molar-refractivity contribution is -0.140. The Labute approximate surface area is 113 Å². The predicted octanol–water partition coefficient (Wildman–Crippen LogP) is 1.72. The van der Waals surface area contributed by atoms with Crippen molar-refractivity contribution >= 4 is 20.0 Å². The van der Waals surface area contributed by atoms with Crippen molar-refractivity contribution in [3.8, 4) is 0 Å². The maximum Gasteiger partial charge on any atom is 0.333 e. The average Bonchev–Trinajstić information content (AvgIpc) is 2.33. The van der Waals surface area contributed by atoms with Gasteiger partial charge in [-0.25, -0.2) is 9.59 Å². The molecule has 0 aliphatic heterocycles. The van der Waals surface area contributed by atoms with Gasteiger partial charge in [-0.1, -0.05) is 13.2 Å². The second-order valence-corrected chi connectivity index (χ2v) is 5.34. The van der Waals surface area contributed by atoms with Gasteiger partial charge in [-0.2, -0.15) is 0 Å². The summed E-state index contributed by atoms with van der Waals surface area (Å²) in [5, 5.41) is 0. The van der Waals surface area contributed by atoms with Crippen molar-refractivity contribution < 1.29 is 28.2 Å². The predicted molar refractivity (Wildman–Crippen MR) is 71.4 cm³/mol. The Morgan fingerprint density at radius 2 is 1.42 bits per heavy atom. The summed E-state index contributed by atoms with van der Waals surface area (Å²) in [6, 6.07) is 0. The van der Waals surface area contributed by atoms with Crippen LogP contribution in [0.1, 0.15) is 13.8 Å². The molecule has 0 spiro atoms. The summed E-state index contributed by atoms with van der Waals surface area (Å²) in [6.45, 7) is 9.93. The Morgan fingerprint density at radius 3 is 1.89 bits per heavy atom. The number of ether oxygens (including phenoxy) is 2. The smallest absolute Gasteiger partial charge is 0.333 e. The number of esters is 2. The van der Waals surface area contributed by atoms with Gasteiger partial charge in [-0.05, 0) is 13.8 Å². The summed E-state index contributed by atoms with van der Waals surface area (Å²) in [7, 11) is -2.30. The van der Waals surface area contributed by atoms with E-state index in [0.29, 0.717) is 5.57 Å². The second-order valence-electron chi connectivity index (χ2n) is 3.80. The number of hydrogen-bond acceptors (Lipinski definition) is 6.